The minimum atomic E-state index is -4.37. The third kappa shape index (κ3) is 4.02. The number of nitrogens with zero attached hydrogens (tertiary/aromatic N) is 1. The Morgan fingerprint density at radius 2 is 1.97 bits per heavy atom. The van der Waals surface area contributed by atoms with Crippen LogP contribution in [-0.2, 0) is 19.0 Å². The summed E-state index contributed by atoms with van der Waals surface area (Å²) >= 11 is 1.23. The second-order valence-corrected chi connectivity index (χ2v) is 8.20. The summed E-state index contributed by atoms with van der Waals surface area (Å²) in [6.07, 6.45) is -0.610. The quantitative estimate of drug-likeness (QED) is 0.595. The van der Waals surface area contributed by atoms with Gasteiger partial charge >= 0.3 is 6.18 Å². The van der Waals surface area contributed by atoms with Gasteiger partial charge in [-0.15, -0.1) is 11.3 Å². The summed E-state index contributed by atoms with van der Waals surface area (Å²) in [5.74, 6) is 0.167. The zero-order valence-corrected chi connectivity index (χ0v) is 16.7. The summed E-state index contributed by atoms with van der Waals surface area (Å²) in [5.41, 5.74) is 1.05. The van der Waals surface area contributed by atoms with Gasteiger partial charge in [-0.3, -0.25) is 14.9 Å². The van der Waals surface area contributed by atoms with E-state index in [-0.39, 0.29) is 11.5 Å². The van der Waals surface area contributed by atoms with Gasteiger partial charge in [0, 0.05) is 35.9 Å². The number of furan rings is 1. The lowest BCUT2D eigenvalue weighted by molar-refractivity contribution is -0.137. The van der Waals surface area contributed by atoms with Gasteiger partial charge in [0.1, 0.15) is 5.76 Å². The van der Waals surface area contributed by atoms with Crippen LogP contribution in [-0.4, -0.2) is 16.7 Å². The molecule has 1 aliphatic carbocycles. The number of nitrogens with one attached hydrogen (secondary N) is 1. The molecule has 156 valence electrons. The molecule has 0 saturated carbocycles. The number of carbonyl (C=O) groups is 2. The Bertz CT molecular complexity index is 1110. The fourth-order valence-corrected chi connectivity index (χ4v) is 4.32. The van der Waals surface area contributed by atoms with Crippen LogP contribution in [0.25, 0.3) is 0 Å². The molecule has 2 aromatic heterocycles. The number of ketones is 1. The van der Waals surface area contributed by atoms with Crippen molar-refractivity contribution in [2.45, 2.75) is 38.8 Å². The first-order valence-electron chi connectivity index (χ1n) is 9.30. The van der Waals surface area contributed by atoms with Crippen LogP contribution in [0.5, 0.6) is 0 Å². The normalized spacial score (nSPS) is 13.9. The molecular weight excluding hydrogens is 417 g/mol. The first-order chi connectivity index (χ1) is 14.2. The second kappa shape index (κ2) is 7.71. The van der Waals surface area contributed by atoms with Crippen molar-refractivity contribution in [1.82, 2.24) is 4.98 Å². The van der Waals surface area contributed by atoms with Crippen molar-refractivity contribution >= 4 is 28.2 Å². The summed E-state index contributed by atoms with van der Waals surface area (Å²) in [5, 5.41) is 3.02. The van der Waals surface area contributed by atoms with E-state index in [0.717, 1.165) is 17.0 Å². The molecule has 2 heterocycles. The molecule has 0 fully saturated rings. The summed E-state index contributed by atoms with van der Waals surface area (Å²) in [7, 11) is 0. The van der Waals surface area contributed by atoms with Gasteiger partial charge in [-0.1, -0.05) is 12.1 Å². The van der Waals surface area contributed by atoms with Crippen LogP contribution in [0, 0.1) is 6.92 Å². The zero-order chi connectivity index (χ0) is 21.5. The molecule has 5 nitrogen and oxygen atoms in total. The number of aryl methyl sites for hydroxylation is 1. The highest BCUT2D eigenvalue weighted by Gasteiger charge is 2.30. The van der Waals surface area contributed by atoms with Gasteiger partial charge in [0.15, 0.2) is 16.7 Å². The Morgan fingerprint density at radius 1 is 1.23 bits per heavy atom. The molecule has 3 aromatic rings. The summed E-state index contributed by atoms with van der Waals surface area (Å²) in [6.45, 7) is 1.69. The summed E-state index contributed by atoms with van der Waals surface area (Å²) in [6, 6.07) is 4.94. The van der Waals surface area contributed by atoms with Crippen LogP contribution in [0.4, 0.5) is 18.3 Å². The molecule has 1 N–H and O–H groups in total. The standard InChI is InChI=1S/C21H17F3N2O3S/c1-11-17-15(27)3-2-4-16(17)29-18(11)19(28)26-20-25-10-14(30-20)9-12-5-7-13(8-6-12)21(22,23)24/h5-8,10H,2-4,9H2,1H3,(H,25,26,28). The van der Waals surface area contributed by atoms with Crippen LogP contribution in [0.3, 0.4) is 0 Å². The number of anilines is 1. The molecule has 1 amide bonds. The Kier molecular flexibility index (Phi) is 5.23. The number of hydrogen-bond donors (Lipinski definition) is 1. The highest BCUT2D eigenvalue weighted by Crippen LogP contribution is 2.31. The fourth-order valence-electron chi connectivity index (χ4n) is 3.48. The van der Waals surface area contributed by atoms with Crippen LogP contribution >= 0.6 is 11.3 Å². The Hall–Kier alpha value is -2.94. The molecule has 0 spiro atoms. The smallest absolute Gasteiger partial charge is 0.416 e. The van der Waals surface area contributed by atoms with Gasteiger partial charge in [-0.05, 0) is 31.0 Å². The van der Waals surface area contributed by atoms with E-state index in [4.69, 9.17) is 4.42 Å². The molecule has 1 aliphatic rings. The molecule has 9 heteroatoms. The van der Waals surface area contributed by atoms with Crippen molar-refractivity contribution in [3.8, 4) is 0 Å². The largest absolute Gasteiger partial charge is 0.455 e. The minimum Gasteiger partial charge on any atom is -0.455 e. The number of carbonyl (C=O) groups excluding carboxylic acids is 2. The van der Waals surface area contributed by atoms with E-state index in [2.05, 4.69) is 10.3 Å². The van der Waals surface area contributed by atoms with Crippen molar-refractivity contribution in [3.05, 3.63) is 69.1 Å². The maximum Gasteiger partial charge on any atom is 0.416 e. The topological polar surface area (TPSA) is 72.2 Å². The number of benzene rings is 1. The monoisotopic (exact) mass is 434 g/mol. The predicted molar refractivity (Wildman–Crippen MR) is 105 cm³/mol. The van der Waals surface area contributed by atoms with Crippen LogP contribution in [0.1, 0.15) is 61.1 Å². The number of thiazole rings is 1. The third-order valence-corrected chi connectivity index (χ3v) is 5.86. The minimum absolute atomic E-state index is 0.00961. The molecule has 1 aromatic carbocycles. The lowest BCUT2D eigenvalue weighted by Gasteiger charge is -2.07. The Morgan fingerprint density at radius 3 is 2.63 bits per heavy atom. The molecular formula is C21H17F3N2O3S. The highest BCUT2D eigenvalue weighted by molar-refractivity contribution is 7.15. The number of halogens is 3. The number of amides is 1. The maximum atomic E-state index is 12.7. The number of fused-ring (bicyclic) bond motifs is 1. The lowest BCUT2D eigenvalue weighted by atomic mass is 9.94. The number of aromatic nitrogens is 1. The number of Topliss-reactive ketones (excluding diaryl/α,β-unsaturated/α-hetero) is 1. The molecule has 0 unspecified atom stereocenters. The van der Waals surface area contributed by atoms with E-state index in [9.17, 15) is 22.8 Å². The molecule has 30 heavy (non-hydrogen) atoms. The SMILES string of the molecule is Cc1c(C(=O)Nc2ncc(Cc3ccc(C(F)(F)F)cc3)s2)oc2c1C(=O)CCC2. The second-order valence-electron chi connectivity index (χ2n) is 7.09. The molecule has 0 bridgehead atoms. The van der Waals surface area contributed by atoms with Crippen LogP contribution in [0.15, 0.2) is 34.9 Å². The molecule has 0 aliphatic heterocycles. The van der Waals surface area contributed by atoms with Crippen molar-refractivity contribution < 1.29 is 27.2 Å². The van der Waals surface area contributed by atoms with Gasteiger partial charge in [-0.2, -0.15) is 13.2 Å². The molecule has 0 saturated heterocycles. The molecule has 4 rings (SSSR count). The van der Waals surface area contributed by atoms with Crippen LogP contribution in [0.2, 0.25) is 0 Å². The summed E-state index contributed by atoms with van der Waals surface area (Å²) in [4.78, 5) is 29.6. The van der Waals surface area contributed by atoms with E-state index in [1.807, 2.05) is 0 Å². The highest BCUT2D eigenvalue weighted by atomic mass is 32.1. The average molecular weight is 434 g/mol. The van der Waals surface area contributed by atoms with Gasteiger partial charge < -0.3 is 4.42 Å². The van der Waals surface area contributed by atoms with Gasteiger partial charge in [0.05, 0.1) is 11.1 Å². The first-order valence-corrected chi connectivity index (χ1v) is 10.1. The van der Waals surface area contributed by atoms with E-state index >= 15 is 0 Å². The zero-order valence-electron chi connectivity index (χ0n) is 15.9. The van der Waals surface area contributed by atoms with Crippen LogP contribution < -0.4 is 5.32 Å². The van der Waals surface area contributed by atoms with Gasteiger partial charge in [0.25, 0.3) is 5.91 Å². The number of rotatable bonds is 4. The Labute approximate surface area is 173 Å². The van der Waals surface area contributed by atoms with Crippen molar-refractivity contribution in [2.75, 3.05) is 5.32 Å². The molecule has 0 atom stereocenters. The van der Waals surface area contributed by atoms with E-state index in [0.29, 0.717) is 53.3 Å². The van der Waals surface area contributed by atoms with E-state index in [1.165, 1.54) is 23.5 Å². The van der Waals surface area contributed by atoms with Gasteiger partial charge in [0.2, 0.25) is 0 Å². The predicted octanol–water partition coefficient (Wildman–Crippen LogP) is 5.43. The van der Waals surface area contributed by atoms with E-state index < -0.39 is 17.6 Å². The first kappa shape index (κ1) is 20.3. The average Bonchev–Trinajstić information content (AvgIpc) is 3.26. The number of hydrogen-bond acceptors (Lipinski definition) is 5. The number of alkyl halides is 3. The molecule has 0 radical (unpaired) electrons. The lowest BCUT2D eigenvalue weighted by Crippen LogP contribution is -2.13. The van der Waals surface area contributed by atoms with Gasteiger partial charge in [-0.25, -0.2) is 4.98 Å². The fraction of sp³-hybridized carbons (Fsp3) is 0.286. The van der Waals surface area contributed by atoms with Crippen molar-refractivity contribution in [3.63, 3.8) is 0 Å². The van der Waals surface area contributed by atoms with Crippen molar-refractivity contribution in [1.29, 1.82) is 0 Å². The van der Waals surface area contributed by atoms with E-state index in [1.54, 1.807) is 13.1 Å². The van der Waals surface area contributed by atoms with Crippen molar-refractivity contribution in [2.24, 2.45) is 0 Å². The maximum absolute atomic E-state index is 12.7. The Balaban J connectivity index is 1.45. The third-order valence-electron chi connectivity index (χ3n) is 4.95. The summed E-state index contributed by atoms with van der Waals surface area (Å²) < 4.78 is 43.6.